The molecule has 2 rings (SSSR count). The van der Waals surface area contributed by atoms with E-state index in [4.69, 9.17) is 10.5 Å². The monoisotopic (exact) mass is 388 g/mol. The number of nitrogens with zero attached hydrogens (tertiary/aromatic N) is 2. The zero-order chi connectivity index (χ0) is 20.7. The summed E-state index contributed by atoms with van der Waals surface area (Å²) in [5, 5.41) is 0. The lowest BCUT2D eigenvalue weighted by Crippen LogP contribution is -2.41. The van der Waals surface area contributed by atoms with Crippen LogP contribution in [0.25, 0.3) is 0 Å². The Labute approximate surface area is 163 Å². The lowest BCUT2D eigenvalue weighted by Gasteiger charge is -2.24. The van der Waals surface area contributed by atoms with Gasteiger partial charge >= 0.3 is 5.69 Å². The third-order valence-electron chi connectivity index (χ3n) is 4.40. The van der Waals surface area contributed by atoms with E-state index < -0.39 is 11.2 Å². The van der Waals surface area contributed by atoms with Gasteiger partial charge < -0.3 is 15.4 Å². The predicted molar refractivity (Wildman–Crippen MR) is 110 cm³/mol. The Kier molecular flexibility index (Phi) is 7.57. The van der Waals surface area contributed by atoms with Crippen LogP contribution in [0.15, 0.2) is 33.9 Å². The number of methoxy groups -OCH3 is 1. The van der Waals surface area contributed by atoms with Crippen molar-refractivity contribution in [2.45, 2.75) is 46.3 Å². The summed E-state index contributed by atoms with van der Waals surface area (Å²) in [6.45, 7) is 4.95. The highest BCUT2D eigenvalue weighted by Gasteiger charge is 2.25. The molecule has 1 heterocycles. The molecule has 28 heavy (non-hydrogen) atoms. The van der Waals surface area contributed by atoms with Crippen LogP contribution < -0.4 is 21.9 Å². The molecule has 152 valence electrons. The second-order valence-corrected chi connectivity index (χ2v) is 6.59. The van der Waals surface area contributed by atoms with Crippen molar-refractivity contribution in [3.63, 3.8) is 0 Å². The number of aromatic nitrogens is 2. The SMILES string of the molecule is CCCCN(C(=O)c1cccc(COC)c1)c1c(N)n(CCC)c(=O)[nH]c1=O. The molecule has 0 bridgehead atoms. The lowest BCUT2D eigenvalue weighted by molar-refractivity contribution is 0.0986. The van der Waals surface area contributed by atoms with Crippen LogP contribution in [0.2, 0.25) is 0 Å². The lowest BCUT2D eigenvalue weighted by atomic mass is 10.1. The number of carbonyl (C=O) groups excluding carboxylic acids is 1. The number of rotatable bonds is 9. The van der Waals surface area contributed by atoms with Gasteiger partial charge in [0, 0.05) is 25.8 Å². The first-order valence-electron chi connectivity index (χ1n) is 9.46. The number of ether oxygens (including phenoxy) is 1. The van der Waals surface area contributed by atoms with Gasteiger partial charge in [0.2, 0.25) is 0 Å². The summed E-state index contributed by atoms with van der Waals surface area (Å²) in [6, 6.07) is 7.05. The molecule has 8 nitrogen and oxygen atoms in total. The highest BCUT2D eigenvalue weighted by Crippen LogP contribution is 2.21. The third-order valence-corrected chi connectivity index (χ3v) is 4.40. The van der Waals surface area contributed by atoms with Gasteiger partial charge in [-0.25, -0.2) is 4.79 Å². The van der Waals surface area contributed by atoms with E-state index >= 15 is 0 Å². The molecule has 0 saturated carbocycles. The molecule has 1 amide bonds. The quantitative estimate of drug-likeness (QED) is 0.684. The predicted octanol–water partition coefficient (Wildman–Crippen LogP) is 2.12. The molecule has 0 saturated heterocycles. The first-order valence-corrected chi connectivity index (χ1v) is 9.46. The molecule has 0 unspecified atom stereocenters. The van der Waals surface area contributed by atoms with Gasteiger partial charge in [-0.15, -0.1) is 0 Å². The summed E-state index contributed by atoms with van der Waals surface area (Å²) in [5.41, 5.74) is 6.23. The molecule has 0 fully saturated rings. The smallest absolute Gasteiger partial charge is 0.330 e. The van der Waals surface area contributed by atoms with Crippen molar-refractivity contribution in [2.75, 3.05) is 24.3 Å². The molecule has 0 radical (unpaired) electrons. The molecular weight excluding hydrogens is 360 g/mol. The van der Waals surface area contributed by atoms with E-state index in [9.17, 15) is 14.4 Å². The zero-order valence-corrected chi connectivity index (χ0v) is 16.7. The zero-order valence-electron chi connectivity index (χ0n) is 16.7. The number of benzene rings is 1. The molecular formula is C20H28N4O4. The van der Waals surface area contributed by atoms with Gasteiger partial charge in [-0.05, 0) is 30.5 Å². The fourth-order valence-electron chi connectivity index (χ4n) is 3.03. The van der Waals surface area contributed by atoms with Crippen LogP contribution >= 0.6 is 0 Å². The Morgan fingerprint density at radius 3 is 2.64 bits per heavy atom. The molecule has 1 aromatic carbocycles. The van der Waals surface area contributed by atoms with E-state index in [0.29, 0.717) is 38.1 Å². The highest BCUT2D eigenvalue weighted by atomic mass is 16.5. The van der Waals surface area contributed by atoms with Crippen molar-refractivity contribution < 1.29 is 9.53 Å². The summed E-state index contributed by atoms with van der Waals surface area (Å²) >= 11 is 0. The Hall–Kier alpha value is -2.87. The van der Waals surface area contributed by atoms with Crippen LogP contribution in [0.4, 0.5) is 11.5 Å². The number of unbranched alkanes of at least 4 members (excludes halogenated alkanes) is 1. The molecule has 0 atom stereocenters. The molecule has 1 aromatic heterocycles. The maximum absolute atomic E-state index is 13.3. The van der Waals surface area contributed by atoms with Gasteiger partial charge in [-0.1, -0.05) is 32.4 Å². The van der Waals surface area contributed by atoms with Gasteiger partial charge in [-0.3, -0.25) is 19.1 Å². The number of hydrogen-bond donors (Lipinski definition) is 2. The summed E-state index contributed by atoms with van der Waals surface area (Å²) in [5.74, 6) is -0.335. The number of H-pyrrole nitrogens is 1. The van der Waals surface area contributed by atoms with E-state index in [2.05, 4.69) is 4.98 Å². The molecule has 0 aliphatic carbocycles. The second kappa shape index (κ2) is 9.89. The van der Waals surface area contributed by atoms with Gasteiger partial charge in [0.1, 0.15) is 5.82 Å². The van der Waals surface area contributed by atoms with E-state index in [-0.39, 0.29) is 17.4 Å². The summed E-state index contributed by atoms with van der Waals surface area (Å²) in [7, 11) is 1.58. The summed E-state index contributed by atoms with van der Waals surface area (Å²) in [4.78, 5) is 41.6. The highest BCUT2D eigenvalue weighted by molar-refractivity contribution is 6.07. The van der Waals surface area contributed by atoms with Crippen LogP contribution in [0, 0.1) is 0 Å². The van der Waals surface area contributed by atoms with Crippen LogP contribution in [0.3, 0.4) is 0 Å². The number of amides is 1. The number of hydrogen-bond acceptors (Lipinski definition) is 5. The largest absolute Gasteiger partial charge is 0.383 e. The van der Waals surface area contributed by atoms with Crippen molar-refractivity contribution >= 4 is 17.4 Å². The average Bonchev–Trinajstić information content (AvgIpc) is 2.67. The van der Waals surface area contributed by atoms with Crippen molar-refractivity contribution in [1.29, 1.82) is 0 Å². The van der Waals surface area contributed by atoms with E-state index in [1.54, 1.807) is 25.3 Å². The molecule has 0 spiro atoms. The Balaban J connectivity index is 2.57. The number of nitrogen functional groups attached to an aromatic ring is 1. The Morgan fingerprint density at radius 2 is 2.00 bits per heavy atom. The average molecular weight is 388 g/mol. The van der Waals surface area contributed by atoms with Crippen LogP contribution in [0.1, 0.15) is 49.0 Å². The molecule has 2 aromatic rings. The maximum atomic E-state index is 13.3. The number of carbonyl (C=O) groups is 1. The minimum Gasteiger partial charge on any atom is -0.383 e. The van der Waals surface area contributed by atoms with Crippen molar-refractivity contribution in [2.24, 2.45) is 0 Å². The number of anilines is 2. The van der Waals surface area contributed by atoms with Gasteiger partial charge in [-0.2, -0.15) is 0 Å². The third kappa shape index (κ3) is 4.69. The number of nitrogens with two attached hydrogens (primary N) is 1. The van der Waals surface area contributed by atoms with E-state index in [0.717, 1.165) is 12.0 Å². The molecule has 3 N–H and O–H groups in total. The Morgan fingerprint density at radius 1 is 1.25 bits per heavy atom. The Bertz CT molecular complexity index is 933. The fourth-order valence-corrected chi connectivity index (χ4v) is 3.03. The molecule has 0 aliphatic heterocycles. The minimum atomic E-state index is -0.660. The van der Waals surface area contributed by atoms with E-state index in [1.807, 2.05) is 19.9 Å². The normalized spacial score (nSPS) is 10.8. The van der Waals surface area contributed by atoms with Crippen LogP contribution in [-0.4, -0.2) is 29.1 Å². The second-order valence-electron chi connectivity index (χ2n) is 6.59. The standard InChI is InChI=1S/C20H28N4O4/c1-4-6-11-23(19(26)15-9-7-8-14(12-15)13-28-3)16-17(21)24(10-5-2)20(27)22-18(16)25/h7-9,12H,4-6,10-11,13,21H2,1-3H3,(H,22,25,27). The van der Waals surface area contributed by atoms with Crippen molar-refractivity contribution in [3.8, 4) is 0 Å². The maximum Gasteiger partial charge on any atom is 0.330 e. The number of aromatic amines is 1. The van der Waals surface area contributed by atoms with E-state index in [1.165, 1.54) is 9.47 Å². The first kappa shape index (κ1) is 21.4. The molecule has 8 heteroatoms. The first-order chi connectivity index (χ1) is 13.4. The van der Waals surface area contributed by atoms with Crippen LogP contribution in [0.5, 0.6) is 0 Å². The van der Waals surface area contributed by atoms with Crippen LogP contribution in [-0.2, 0) is 17.9 Å². The molecule has 0 aliphatic rings. The topological polar surface area (TPSA) is 110 Å². The minimum absolute atomic E-state index is 0.00750. The van der Waals surface area contributed by atoms with Gasteiger partial charge in [0.05, 0.1) is 6.61 Å². The van der Waals surface area contributed by atoms with Crippen molar-refractivity contribution in [1.82, 2.24) is 9.55 Å². The van der Waals surface area contributed by atoms with Crippen molar-refractivity contribution in [3.05, 3.63) is 56.2 Å². The number of nitrogens with one attached hydrogen (secondary N) is 1. The fraction of sp³-hybridized carbons (Fsp3) is 0.450. The summed E-state index contributed by atoms with van der Waals surface area (Å²) < 4.78 is 6.42. The van der Waals surface area contributed by atoms with Gasteiger partial charge in [0.15, 0.2) is 5.69 Å². The van der Waals surface area contributed by atoms with Gasteiger partial charge in [0.25, 0.3) is 11.5 Å². The summed E-state index contributed by atoms with van der Waals surface area (Å²) in [6.07, 6.45) is 2.19.